The van der Waals surface area contributed by atoms with Crippen molar-refractivity contribution in [2.75, 3.05) is 12.8 Å². The number of oxazole rings is 1. The normalized spacial score (nSPS) is 10.2. The fourth-order valence-electron chi connectivity index (χ4n) is 1.17. The predicted molar refractivity (Wildman–Crippen MR) is 60.6 cm³/mol. The highest BCUT2D eigenvalue weighted by atomic mass is 32.2. The van der Waals surface area contributed by atoms with Gasteiger partial charge >= 0.3 is 5.97 Å². The fourth-order valence-corrected chi connectivity index (χ4v) is 1.88. The van der Waals surface area contributed by atoms with E-state index in [2.05, 4.69) is 14.7 Å². The monoisotopic (exact) mass is 251 g/mol. The van der Waals surface area contributed by atoms with Crippen molar-refractivity contribution in [3.05, 3.63) is 30.3 Å². The van der Waals surface area contributed by atoms with Crippen LogP contribution < -0.4 is 5.73 Å². The summed E-state index contributed by atoms with van der Waals surface area (Å²) in [5.41, 5.74) is 6.35. The van der Waals surface area contributed by atoms with Crippen LogP contribution >= 0.6 is 11.8 Å². The Morgan fingerprint density at radius 1 is 1.47 bits per heavy atom. The summed E-state index contributed by atoms with van der Waals surface area (Å²) in [6, 6.07) is 1.50. The fraction of sp³-hybridized carbons (Fsp3) is 0.100. The maximum atomic E-state index is 11.4. The van der Waals surface area contributed by atoms with Crippen LogP contribution in [0.2, 0.25) is 0 Å². The van der Waals surface area contributed by atoms with Crippen LogP contribution in [0.3, 0.4) is 0 Å². The first-order valence-electron chi connectivity index (χ1n) is 4.62. The Bertz CT molecular complexity index is 528. The van der Waals surface area contributed by atoms with Crippen molar-refractivity contribution in [1.82, 2.24) is 9.97 Å². The average molecular weight is 251 g/mol. The van der Waals surface area contributed by atoms with Crippen molar-refractivity contribution in [3.63, 3.8) is 0 Å². The summed E-state index contributed by atoms with van der Waals surface area (Å²) in [5.74, 6) is -0.501. The molecule has 0 unspecified atom stereocenters. The molecule has 0 aromatic carbocycles. The van der Waals surface area contributed by atoms with Gasteiger partial charge < -0.3 is 14.9 Å². The molecule has 0 bridgehead atoms. The van der Waals surface area contributed by atoms with Crippen molar-refractivity contribution < 1.29 is 13.9 Å². The minimum absolute atomic E-state index is 0.252. The Balaban J connectivity index is 2.32. The van der Waals surface area contributed by atoms with E-state index >= 15 is 0 Å². The molecule has 2 aromatic heterocycles. The standard InChI is InChI=1S/C10H9N3O3S/c1-15-9(14)6-2-3-12-8(7(6)11)17-10-13-4-5-16-10/h2-5H,11H2,1H3. The minimum Gasteiger partial charge on any atom is -0.465 e. The molecule has 0 saturated carbocycles. The van der Waals surface area contributed by atoms with E-state index in [9.17, 15) is 4.79 Å². The van der Waals surface area contributed by atoms with Gasteiger partial charge in [0.2, 0.25) is 0 Å². The maximum Gasteiger partial charge on any atom is 0.340 e. The molecule has 0 amide bonds. The molecule has 17 heavy (non-hydrogen) atoms. The summed E-state index contributed by atoms with van der Waals surface area (Å²) in [6.07, 6.45) is 4.44. The lowest BCUT2D eigenvalue weighted by atomic mass is 10.2. The number of pyridine rings is 1. The van der Waals surface area contributed by atoms with Crippen LogP contribution in [-0.2, 0) is 4.74 Å². The van der Waals surface area contributed by atoms with Gasteiger partial charge in [-0.15, -0.1) is 0 Å². The number of carbonyl (C=O) groups is 1. The Kier molecular flexibility index (Phi) is 3.29. The number of esters is 1. The zero-order valence-electron chi connectivity index (χ0n) is 8.91. The van der Waals surface area contributed by atoms with Crippen molar-refractivity contribution >= 4 is 23.4 Å². The molecule has 6 nitrogen and oxygen atoms in total. The van der Waals surface area contributed by atoms with Gasteiger partial charge in [0.25, 0.3) is 5.22 Å². The van der Waals surface area contributed by atoms with E-state index in [0.29, 0.717) is 10.2 Å². The van der Waals surface area contributed by atoms with Gasteiger partial charge in [0.1, 0.15) is 11.3 Å². The Morgan fingerprint density at radius 2 is 2.29 bits per heavy atom. The van der Waals surface area contributed by atoms with Crippen LogP contribution in [0.5, 0.6) is 0 Å². The summed E-state index contributed by atoms with van der Waals surface area (Å²) in [7, 11) is 1.29. The molecule has 2 aromatic rings. The highest BCUT2D eigenvalue weighted by molar-refractivity contribution is 7.99. The third kappa shape index (κ3) is 2.39. The Labute approximate surface area is 101 Å². The summed E-state index contributed by atoms with van der Waals surface area (Å²) >= 11 is 1.14. The third-order valence-corrected chi connectivity index (χ3v) is 2.85. The average Bonchev–Trinajstić information content (AvgIpc) is 2.84. The molecule has 0 aliphatic heterocycles. The molecule has 0 radical (unpaired) electrons. The molecule has 0 spiro atoms. The van der Waals surface area contributed by atoms with E-state index in [-0.39, 0.29) is 11.3 Å². The van der Waals surface area contributed by atoms with Gasteiger partial charge in [0.05, 0.1) is 24.6 Å². The summed E-state index contributed by atoms with van der Waals surface area (Å²) < 4.78 is 9.67. The van der Waals surface area contributed by atoms with Crippen molar-refractivity contribution in [2.45, 2.75) is 10.2 Å². The molecule has 0 atom stereocenters. The number of methoxy groups -OCH3 is 1. The minimum atomic E-state index is -0.501. The van der Waals surface area contributed by atoms with E-state index in [1.807, 2.05) is 0 Å². The largest absolute Gasteiger partial charge is 0.465 e. The second kappa shape index (κ2) is 4.88. The summed E-state index contributed by atoms with van der Waals surface area (Å²) in [4.78, 5) is 19.4. The quantitative estimate of drug-likeness (QED) is 0.828. The smallest absolute Gasteiger partial charge is 0.340 e. The number of hydrogen-bond acceptors (Lipinski definition) is 7. The highest BCUT2D eigenvalue weighted by Gasteiger charge is 2.15. The number of anilines is 1. The van der Waals surface area contributed by atoms with Crippen molar-refractivity contribution in [1.29, 1.82) is 0 Å². The van der Waals surface area contributed by atoms with E-state index in [1.54, 1.807) is 0 Å². The number of nitrogen functional groups attached to an aromatic ring is 1. The molecule has 2 N–H and O–H groups in total. The lowest BCUT2D eigenvalue weighted by Crippen LogP contribution is -2.07. The Morgan fingerprint density at radius 3 is 2.94 bits per heavy atom. The van der Waals surface area contributed by atoms with Gasteiger partial charge in [0.15, 0.2) is 0 Å². The molecule has 88 valence electrons. The van der Waals surface area contributed by atoms with E-state index in [4.69, 9.17) is 10.2 Å². The van der Waals surface area contributed by atoms with Crippen LogP contribution in [0, 0.1) is 0 Å². The van der Waals surface area contributed by atoms with Crippen LogP contribution in [0.4, 0.5) is 5.69 Å². The van der Waals surface area contributed by atoms with Crippen LogP contribution in [0.25, 0.3) is 0 Å². The SMILES string of the molecule is COC(=O)c1ccnc(Sc2ncco2)c1N. The van der Waals surface area contributed by atoms with E-state index in [0.717, 1.165) is 11.8 Å². The number of ether oxygens (including phenoxy) is 1. The first-order chi connectivity index (χ1) is 8.22. The number of carbonyl (C=O) groups excluding carboxylic acids is 1. The van der Waals surface area contributed by atoms with Crippen LogP contribution in [-0.4, -0.2) is 23.0 Å². The number of rotatable bonds is 3. The number of nitrogens with zero attached hydrogens (tertiary/aromatic N) is 2. The van der Waals surface area contributed by atoms with Gasteiger partial charge in [-0.05, 0) is 17.8 Å². The zero-order valence-corrected chi connectivity index (χ0v) is 9.73. The van der Waals surface area contributed by atoms with Crippen LogP contribution in [0.1, 0.15) is 10.4 Å². The van der Waals surface area contributed by atoms with Gasteiger partial charge in [-0.2, -0.15) is 0 Å². The lowest BCUT2D eigenvalue weighted by Gasteiger charge is -2.06. The molecule has 0 aliphatic rings. The summed E-state index contributed by atoms with van der Waals surface area (Å²) in [5, 5.41) is 0.863. The number of nitrogens with two attached hydrogens (primary N) is 1. The lowest BCUT2D eigenvalue weighted by molar-refractivity contribution is 0.0601. The number of hydrogen-bond donors (Lipinski definition) is 1. The topological polar surface area (TPSA) is 91.2 Å². The van der Waals surface area contributed by atoms with E-state index in [1.165, 1.54) is 31.8 Å². The van der Waals surface area contributed by atoms with Crippen molar-refractivity contribution in [2.24, 2.45) is 0 Å². The van der Waals surface area contributed by atoms with E-state index < -0.39 is 5.97 Å². The first-order valence-corrected chi connectivity index (χ1v) is 5.44. The van der Waals surface area contributed by atoms with Crippen molar-refractivity contribution in [3.8, 4) is 0 Å². The molecule has 7 heteroatoms. The zero-order chi connectivity index (χ0) is 12.3. The van der Waals surface area contributed by atoms with Gasteiger partial charge in [0, 0.05) is 6.20 Å². The first kappa shape index (κ1) is 11.5. The second-order valence-corrected chi connectivity index (χ2v) is 3.91. The highest BCUT2D eigenvalue weighted by Crippen LogP contribution is 2.30. The van der Waals surface area contributed by atoms with Gasteiger partial charge in [-0.3, -0.25) is 0 Å². The molecule has 0 saturated heterocycles. The molecule has 0 aliphatic carbocycles. The predicted octanol–water partition coefficient (Wildman–Crippen LogP) is 1.59. The molecule has 2 rings (SSSR count). The molecular formula is C10H9N3O3S. The van der Waals surface area contributed by atoms with Gasteiger partial charge in [-0.1, -0.05) is 0 Å². The molecule has 0 fully saturated rings. The van der Waals surface area contributed by atoms with Gasteiger partial charge in [-0.25, -0.2) is 14.8 Å². The molecular weight excluding hydrogens is 242 g/mol. The number of aromatic nitrogens is 2. The Hall–Kier alpha value is -2.02. The van der Waals surface area contributed by atoms with Crippen LogP contribution in [0.15, 0.2) is 39.4 Å². The summed E-state index contributed by atoms with van der Waals surface area (Å²) in [6.45, 7) is 0. The maximum absolute atomic E-state index is 11.4. The third-order valence-electron chi connectivity index (χ3n) is 1.95. The molecule has 2 heterocycles. The second-order valence-electron chi connectivity index (χ2n) is 2.97.